The Morgan fingerprint density at radius 1 is 1.22 bits per heavy atom. The average Bonchev–Trinajstić information content (AvgIpc) is 3.03. The van der Waals surface area contributed by atoms with E-state index >= 15 is 0 Å². The summed E-state index contributed by atoms with van der Waals surface area (Å²) in [5.41, 5.74) is 1.85. The molecule has 1 aliphatic heterocycles. The smallest absolute Gasteiger partial charge is 0.221 e. The van der Waals surface area contributed by atoms with Gasteiger partial charge in [-0.3, -0.25) is 9.69 Å². The zero-order valence-electron chi connectivity index (χ0n) is 13.4. The van der Waals surface area contributed by atoms with E-state index in [0.717, 1.165) is 56.5 Å². The van der Waals surface area contributed by atoms with Crippen molar-refractivity contribution in [2.24, 2.45) is 0 Å². The lowest BCUT2D eigenvalue weighted by Crippen LogP contribution is -2.38. The van der Waals surface area contributed by atoms with E-state index in [-0.39, 0.29) is 5.91 Å². The zero-order valence-corrected chi connectivity index (χ0v) is 13.4. The molecule has 0 unspecified atom stereocenters. The molecule has 122 valence electrons. The van der Waals surface area contributed by atoms with E-state index in [4.69, 9.17) is 4.74 Å². The summed E-state index contributed by atoms with van der Waals surface area (Å²) < 4.78 is 7.55. The number of imidazole rings is 1. The molecule has 1 amide bonds. The lowest BCUT2D eigenvalue weighted by molar-refractivity contribution is -0.114. The number of amides is 1. The molecule has 1 aromatic heterocycles. The Morgan fingerprint density at radius 3 is 2.65 bits per heavy atom. The Balaban J connectivity index is 1.66. The molecule has 0 bridgehead atoms. The summed E-state index contributed by atoms with van der Waals surface area (Å²) in [5.74, 6) is 0.886. The van der Waals surface area contributed by atoms with Crippen molar-refractivity contribution in [1.29, 1.82) is 0 Å². The number of nitrogens with zero attached hydrogens (tertiary/aromatic N) is 3. The molecule has 1 N–H and O–H groups in total. The SMILES string of the molecule is CC(=O)Nc1ccc(-c2nccn2CCN2CCOCC2)cc1. The van der Waals surface area contributed by atoms with E-state index in [9.17, 15) is 4.79 Å². The molecule has 0 spiro atoms. The molecular formula is C17H22N4O2. The lowest BCUT2D eigenvalue weighted by atomic mass is 10.2. The third kappa shape index (κ3) is 4.18. The summed E-state index contributed by atoms with van der Waals surface area (Å²) in [5, 5.41) is 2.78. The van der Waals surface area contributed by atoms with Crippen molar-refractivity contribution >= 4 is 11.6 Å². The van der Waals surface area contributed by atoms with Crippen LogP contribution in [0, 0.1) is 0 Å². The van der Waals surface area contributed by atoms with Crippen molar-refractivity contribution in [3.8, 4) is 11.4 Å². The van der Waals surface area contributed by atoms with Crippen LogP contribution in [0.15, 0.2) is 36.7 Å². The van der Waals surface area contributed by atoms with Gasteiger partial charge in [-0.25, -0.2) is 4.98 Å². The fourth-order valence-electron chi connectivity index (χ4n) is 2.73. The maximum absolute atomic E-state index is 11.1. The molecule has 0 saturated carbocycles. The van der Waals surface area contributed by atoms with Gasteiger partial charge < -0.3 is 14.6 Å². The number of carbonyl (C=O) groups is 1. The Morgan fingerprint density at radius 2 is 1.96 bits per heavy atom. The quantitative estimate of drug-likeness (QED) is 0.915. The number of hydrogen-bond donors (Lipinski definition) is 1. The van der Waals surface area contributed by atoms with E-state index in [2.05, 4.69) is 19.8 Å². The molecule has 0 radical (unpaired) electrons. The van der Waals surface area contributed by atoms with Crippen LogP contribution in [-0.2, 0) is 16.1 Å². The second-order valence-electron chi connectivity index (χ2n) is 5.66. The maximum atomic E-state index is 11.1. The van der Waals surface area contributed by atoms with Gasteiger partial charge in [-0.2, -0.15) is 0 Å². The van der Waals surface area contributed by atoms with Gasteiger partial charge in [0.25, 0.3) is 0 Å². The molecule has 2 aromatic rings. The van der Waals surface area contributed by atoms with Crippen molar-refractivity contribution in [1.82, 2.24) is 14.5 Å². The highest BCUT2D eigenvalue weighted by Gasteiger charge is 2.11. The van der Waals surface area contributed by atoms with Gasteiger partial charge in [0.05, 0.1) is 13.2 Å². The van der Waals surface area contributed by atoms with Gasteiger partial charge in [0, 0.05) is 56.7 Å². The topological polar surface area (TPSA) is 59.4 Å². The minimum atomic E-state index is -0.0650. The standard InChI is InChI=1S/C17H22N4O2/c1-14(22)19-16-4-2-15(3-5-16)17-18-6-7-21(17)9-8-20-10-12-23-13-11-20/h2-7H,8-13H2,1H3,(H,19,22). The summed E-state index contributed by atoms with van der Waals surface area (Å²) in [7, 11) is 0. The van der Waals surface area contributed by atoms with Crippen LogP contribution in [0.25, 0.3) is 11.4 Å². The van der Waals surface area contributed by atoms with Gasteiger partial charge in [-0.1, -0.05) is 0 Å². The number of anilines is 1. The summed E-state index contributed by atoms with van der Waals surface area (Å²) in [4.78, 5) is 18.0. The Bertz CT molecular complexity index is 645. The van der Waals surface area contributed by atoms with E-state index in [1.54, 1.807) is 0 Å². The summed E-state index contributed by atoms with van der Waals surface area (Å²) in [6, 6.07) is 7.77. The highest BCUT2D eigenvalue weighted by Crippen LogP contribution is 2.20. The fraction of sp³-hybridized carbons (Fsp3) is 0.412. The number of aromatic nitrogens is 2. The van der Waals surface area contributed by atoms with Gasteiger partial charge >= 0.3 is 0 Å². The van der Waals surface area contributed by atoms with Crippen LogP contribution >= 0.6 is 0 Å². The Hall–Kier alpha value is -2.18. The molecule has 2 heterocycles. The molecular weight excluding hydrogens is 292 g/mol. The first-order valence-corrected chi connectivity index (χ1v) is 7.91. The monoisotopic (exact) mass is 314 g/mol. The molecule has 3 rings (SSSR count). The third-order valence-electron chi connectivity index (χ3n) is 3.94. The molecule has 23 heavy (non-hydrogen) atoms. The molecule has 0 atom stereocenters. The largest absolute Gasteiger partial charge is 0.379 e. The minimum absolute atomic E-state index is 0.0650. The molecule has 1 aromatic carbocycles. The van der Waals surface area contributed by atoms with Crippen molar-refractivity contribution < 1.29 is 9.53 Å². The summed E-state index contributed by atoms with van der Waals surface area (Å²) in [6.45, 7) is 7.04. The van der Waals surface area contributed by atoms with E-state index in [1.807, 2.05) is 36.7 Å². The first-order valence-electron chi connectivity index (χ1n) is 7.91. The third-order valence-corrected chi connectivity index (χ3v) is 3.94. The van der Waals surface area contributed by atoms with Crippen molar-refractivity contribution in [3.63, 3.8) is 0 Å². The first kappa shape index (κ1) is 15.7. The first-order chi connectivity index (χ1) is 11.2. The molecule has 1 fully saturated rings. The highest BCUT2D eigenvalue weighted by atomic mass is 16.5. The van der Waals surface area contributed by atoms with Crippen molar-refractivity contribution in [2.75, 3.05) is 38.2 Å². The van der Waals surface area contributed by atoms with Gasteiger partial charge in [0.2, 0.25) is 5.91 Å². The van der Waals surface area contributed by atoms with Crippen molar-refractivity contribution in [2.45, 2.75) is 13.5 Å². The number of hydrogen-bond acceptors (Lipinski definition) is 4. The van der Waals surface area contributed by atoms with Crippen LogP contribution in [0.2, 0.25) is 0 Å². The predicted octanol–water partition coefficient (Wildman–Crippen LogP) is 1.84. The number of nitrogens with one attached hydrogen (secondary N) is 1. The zero-order chi connectivity index (χ0) is 16.1. The minimum Gasteiger partial charge on any atom is -0.379 e. The van der Waals surface area contributed by atoms with Gasteiger partial charge in [-0.05, 0) is 24.3 Å². The molecule has 6 heteroatoms. The van der Waals surface area contributed by atoms with E-state index in [0.29, 0.717) is 0 Å². The van der Waals surface area contributed by atoms with Crippen LogP contribution in [-0.4, -0.2) is 53.2 Å². The number of morpholine rings is 1. The van der Waals surface area contributed by atoms with Crippen LogP contribution in [0.3, 0.4) is 0 Å². The summed E-state index contributed by atoms with van der Waals surface area (Å²) in [6.07, 6.45) is 3.84. The van der Waals surface area contributed by atoms with Crippen LogP contribution in [0.4, 0.5) is 5.69 Å². The maximum Gasteiger partial charge on any atom is 0.221 e. The number of ether oxygens (including phenoxy) is 1. The predicted molar refractivity (Wildman–Crippen MR) is 89.2 cm³/mol. The van der Waals surface area contributed by atoms with Crippen molar-refractivity contribution in [3.05, 3.63) is 36.7 Å². The molecule has 0 aliphatic carbocycles. The summed E-state index contributed by atoms with van der Waals surface area (Å²) >= 11 is 0. The lowest BCUT2D eigenvalue weighted by Gasteiger charge is -2.26. The van der Waals surface area contributed by atoms with Crippen LogP contribution < -0.4 is 5.32 Å². The van der Waals surface area contributed by atoms with E-state index < -0.39 is 0 Å². The van der Waals surface area contributed by atoms with E-state index in [1.165, 1.54) is 6.92 Å². The van der Waals surface area contributed by atoms with Gasteiger partial charge in [-0.15, -0.1) is 0 Å². The number of benzene rings is 1. The van der Waals surface area contributed by atoms with Crippen LogP contribution in [0.5, 0.6) is 0 Å². The van der Waals surface area contributed by atoms with Crippen LogP contribution in [0.1, 0.15) is 6.92 Å². The highest BCUT2D eigenvalue weighted by molar-refractivity contribution is 5.88. The number of rotatable bonds is 5. The van der Waals surface area contributed by atoms with Gasteiger partial charge in [0.1, 0.15) is 5.82 Å². The Labute approximate surface area is 136 Å². The average molecular weight is 314 g/mol. The number of carbonyl (C=O) groups excluding carboxylic acids is 1. The Kier molecular flexibility index (Phi) is 5.05. The molecule has 1 aliphatic rings. The normalized spacial score (nSPS) is 15.5. The molecule has 6 nitrogen and oxygen atoms in total. The second-order valence-corrected chi connectivity index (χ2v) is 5.66. The second kappa shape index (κ2) is 7.39. The van der Waals surface area contributed by atoms with Gasteiger partial charge in [0.15, 0.2) is 0 Å². The fourth-order valence-corrected chi connectivity index (χ4v) is 2.73. The molecule has 1 saturated heterocycles.